The van der Waals surface area contributed by atoms with Crippen LogP contribution >= 0.6 is 0 Å². The number of rotatable bonds is 6. The van der Waals surface area contributed by atoms with Gasteiger partial charge in [0.05, 0.1) is 7.11 Å². The lowest BCUT2D eigenvalue weighted by Gasteiger charge is -2.20. The van der Waals surface area contributed by atoms with Gasteiger partial charge in [-0.3, -0.25) is 0 Å². The SMILES string of the molecule is CCNCC1CCCC1Cc1ccc(OC)c(F)c1. The highest BCUT2D eigenvalue weighted by Crippen LogP contribution is 2.34. The summed E-state index contributed by atoms with van der Waals surface area (Å²) in [6.45, 7) is 4.27. The zero-order valence-electron chi connectivity index (χ0n) is 11.9. The van der Waals surface area contributed by atoms with Crippen molar-refractivity contribution < 1.29 is 9.13 Å². The highest BCUT2D eigenvalue weighted by Gasteiger charge is 2.26. The molecule has 106 valence electrons. The summed E-state index contributed by atoms with van der Waals surface area (Å²) >= 11 is 0. The summed E-state index contributed by atoms with van der Waals surface area (Å²) in [7, 11) is 1.50. The van der Waals surface area contributed by atoms with Gasteiger partial charge < -0.3 is 10.1 Å². The predicted octanol–water partition coefficient (Wildman–Crippen LogP) is 3.40. The fraction of sp³-hybridized carbons (Fsp3) is 0.625. The number of hydrogen-bond donors (Lipinski definition) is 1. The Hall–Kier alpha value is -1.09. The zero-order chi connectivity index (χ0) is 13.7. The predicted molar refractivity (Wildman–Crippen MR) is 76.0 cm³/mol. The van der Waals surface area contributed by atoms with E-state index >= 15 is 0 Å². The van der Waals surface area contributed by atoms with Gasteiger partial charge >= 0.3 is 0 Å². The van der Waals surface area contributed by atoms with Crippen LogP contribution in [0.15, 0.2) is 18.2 Å². The van der Waals surface area contributed by atoms with E-state index in [1.54, 1.807) is 12.1 Å². The Kier molecular flexibility index (Phi) is 5.20. The average Bonchev–Trinajstić information content (AvgIpc) is 2.84. The summed E-state index contributed by atoms with van der Waals surface area (Å²) in [4.78, 5) is 0. The summed E-state index contributed by atoms with van der Waals surface area (Å²) in [5, 5.41) is 3.44. The van der Waals surface area contributed by atoms with Crippen molar-refractivity contribution in [1.82, 2.24) is 5.32 Å². The van der Waals surface area contributed by atoms with Gasteiger partial charge in [-0.2, -0.15) is 0 Å². The van der Waals surface area contributed by atoms with Crippen molar-refractivity contribution in [1.29, 1.82) is 0 Å². The number of ether oxygens (including phenoxy) is 1. The largest absolute Gasteiger partial charge is 0.494 e. The lowest BCUT2D eigenvalue weighted by atomic mass is 9.89. The zero-order valence-corrected chi connectivity index (χ0v) is 11.9. The smallest absolute Gasteiger partial charge is 0.165 e. The fourth-order valence-electron chi connectivity index (χ4n) is 3.12. The lowest BCUT2D eigenvalue weighted by molar-refractivity contribution is 0.365. The summed E-state index contributed by atoms with van der Waals surface area (Å²) in [5.41, 5.74) is 1.09. The monoisotopic (exact) mass is 265 g/mol. The molecule has 0 spiro atoms. The molecule has 3 heteroatoms. The van der Waals surface area contributed by atoms with Gasteiger partial charge in [-0.15, -0.1) is 0 Å². The van der Waals surface area contributed by atoms with Crippen LogP contribution in [0.1, 0.15) is 31.7 Å². The Labute approximate surface area is 115 Å². The van der Waals surface area contributed by atoms with E-state index < -0.39 is 0 Å². The molecule has 0 saturated heterocycles. The van der Waals surface area contributed by atoms with E-state index in [9.17, 15) is 4.39 Å². The molecular weight excluding hydrogens is 241 g/mol. The second-order valence-electron chi connectivity index (χ2n) is 5.43. The number of nitrogens with one attached hydrogen (secondary N) is 1. The number of methoxy groups -OCH3 is 1. The molecule has 19 heavy (non-hydrogen) atoms. The number of hydrogen-bond acceptors (Lipinski definition) is 2. The van der Waals surface area contributed by atoms with Crippen LogP contribution in [0.2, 0.25) is 0 Å². The van der Waals surface area contributed by atoms with Gasteiger partial charge in [0.2, 0.25) is 0 Å². The molecule has 1 N–H and O–H groups in total. The molecule has 2 rings (SSSR count). The van der Waals surface area contributed by atoms with Gasteiger partial charge in [0.15, 0.2) is 11.6 Å². The van der Waals surface area contributed by atoms with Gasteiger partial charge in [-0.05, 0) is 61.9 Å². The van der Waals surface area contributed by atoms with E-state index in [0.29, 0.717) is 11.7 Å². The van der Waals surface area contributed by atoms with Crippen molar-refractivity contribution in [2.75, 3.05) is 20.2 Å². The Bertz CT molecular complexity index is 408. The maximum absolute atomic E-state index is 13.7. The fourth-order valence-corrected chi connectivity index (χ4v) is 3.12. The molecule has 1 aliphatic rings. The maximum Gasteiger partial charge on any atom is 0.165 e. The van der Waals surface area contributed by atoms with Crippen LogP contribution in [0.4, 0.5) is 4.39 Å². The molecule has 0 bridgehead atoms. The molecule has 0 aliphatic heterocycles. The van der Waals surface area contributed by atoms with Crippen LogP contribution in [-0.2, 0) is 6.42 Å². The molecule has 0 amide bonds. The molecule has 0 heterocycles. The molecule has 2 atom stereocenters. The Morgan fingerprint density at radius 3 is 2.79 bits per heavy atom. The van der Waals surface area contributed by atoms with Crippen molar-refractivity contribution >= 4 is 0 Å². The highest BCUT2D eigenvalue weighted by atomic mass is 19.1. The minimum absolute atomic E-state index is 0.249. The molecule has 1 aliphatic carbocycles. The van der Waals surface area contributed by atoms with E-state index in [-0.39, 0.29) is 5.82 Å². The first-order valence-corrected chi connectivity index (χ1v) is 7.27. The van der Waals surface area contributed by atoms with Crippen molar-refractivity contribution in [3.63, 3.8) is 0 Å². The van der Waals surface area contributed by atoms with E-state index in [1.807, 2.05) is 6.07 Å². The number of halogens is 1. The van der Waals surface area contributed by atoms with Gasteiger partial charge in [0.1, 0.15) is 0 Å². The van der Waals surface area contributed by atoms with E-state index in [2.05, 4.69) is 12.2 Å². The number of benzene rings is 1. The third-order valence-corrected chi connectivity index (χ3v) is 4.19. The highest BCUT2D eigenvalue weighted by molar-refractivity contribution is 5.29. The second kappa shape index (κ2) is 6.90. The van der Waals surface area contributed by atoms with Crippen molar-refractivity contribution in [2.45, 2.75) is 32.6 Å². The average molecular weight is 265 g/mol. The van der Waals surface area contributed by atoms with Gasteiger partial charge in [0.25, 0.3) is 0 Å². The van der Waals surface area contributed by atoms with Crippen molar-refractivity contribution in [3.05, 3.63) is 29.6 Å². The molecular formula is C16H24FNO. The topological polar surface area (TPSA) is 21.3 Å². The summed E-state index contributed by atoms with van der Waals surface area (Å²) in [6, 6.07) is 5.35. The van der Waals surface area contributed by atoms with Crippen LogP contribution in [0, 0.1) is 17.7 Å². The molecule has 1 saturated carbocycles. The molecule has 2 nitrogen and oxygen atoms in total. The van der Waals surface area contributed by atoms with E-state index in [0.717, 1.165) is 31.0 Å². The minimum Gasteiger partial charge on any atom is -0.494 e. The van der Waals surface area contributed by atoms with Crippen LogP contribution in [0.25, 0.3) is 0 Å². The summed E-state index contributed by atoms with van der Waals surface area (Å²) in [6.07, 6.45) is 4.86. The van der Waals surface area contributed by atoms with Crippen molar-refractivity contribution in [3.8, 4) is 5.75 Å². The van der Waals surface area contributed by atoms with E-state index in [1.165, 1.54) is 26.4 Å². The first-order chi connectivity index (χ1) is 9.24. The molecule has 0 radical (unpaired) electrons. The second-order valence-corrected chi connectivity index (χ2v) is 5.43. The van der Waals surface area contributed by atoms with E-state index in [4.69, 9.17) is 4.74 Å². The third kappa shape index (κ3) is 3.69. The Morgan fingerprint density at radius 2 is 2.11 bits per heavy atom. The quantitative estimate of drug-likeness (QED) is 0.851. The normalized spacial score (nSPS) is 22.7. The summed E-state index contributed by atoms with van der Waals surface area (Å²) < 4.78 is 18.6. The molecule has 0 aromatic heterocycles. The third-order valence-electron chi connectivity index (χ3n) is 4.19. The summed E-state index contributed by atoms with van der Waals surface area (Å²) in [5.74, 6) is 1.51. The standard InChI is InChI=1S/C16H24FNO/c1-3-18-11-14-6-4-5-13(14)9-12-7-8-16(19-2)15(17)10-12/h7-8,10,13-14,18H,3-6,9,11H2,1-2H3. The van der Waals surface area contributed by atoms with Crippen LogP contribution in [0.5, 0.6) is 5.75 Å². The molecule has 1 aromatic rings. The first kappa shape index (κ1) is 14.3. The van der Waals surface area contributed by atoms with Crippen LogP contribution in [-0.4, -0.2) is 20.2 Å². The Morgan fingerprint density at radius 1 is 1.32 bits per heavy atom. The molecule has 2 unspecified atom stereocenters. The maximum atomic E-state index is 13.7. The minimum atomic E-state index is -0.249. The van der Waals surface area contributed by atoms with Gasteiger partial charge in [-0.1, -0.05) is 19.4 Å². The first-order valence-electron chi connectivity index (χ1n) is 7.27. The van der Waals surface area contributed by atoms with Crippen LogP contribution in [0.3, 0.4) is 0 Å². The van der Waals surface area contributed by atoms with Gasteiger partial charge in [0, 0.05) is 0 Å². The van der Waals surface area contributed by atoms with Gasteiger partial charge in [-0.25, -0.2) is 4.39 Å². The van der Waals surface area contributed by atoms with Crippen molar-refractivity contribution in [2.24, 2.45) is 11.8 Å². The lowest BCUT2D eigenvalue weighted by Crippen LogP contribution is -2.25. The van der Waals surface area contributed by atoms with Crippen LogP contribution < -0.4 is 10.1 Å². The molecule has 1 aromatic carbocycles. The molecule has 1 fully saturated rings. The Balaban J connectivity index is 1.97.